The van der Waals surface area contributed by atoms with E-state index in [1.807, 2.05) is 7.05 Å². The molecule has 130 valence electrons. The fraction of sp³-hybridized carbons (Fsp3) is 0.650. The molecule has 4 rings (SSSR count). The van der Waals surface area contributed by atoms with E-state index in [0.717, 1.165) is 38.8 Å². The molecule has 3 aliphatic rings. The van der Waals surface area contributed by atoms with E-state index in [4.69, 9.17) is 4.74 Å². The SMILES string of the molecule is CN=C(NCC1CCCc2ccccc21)N1CCC2(CCOC2)C1. The molecule has 1 spiro atoms. The third-order valence-corrected chi connectivity index (χ3v) is 6.13. The molecule has 2 saturated heterocycles. The zero-order valence-electron chi connectivity index (χ0n) is 14.8. The first kappa shape index (κ1) is 15.9. The number of ether oxygens (including phenoxy) is 1. The molecule has 0 amide bonds. The molecule has 2 fully saturated rings. The number of aliphatic imine (C=N–C) groups is 1. The monoisotopic (exact) mass is 327 g/mol. The summed E-state index contributed by atoms with van der Waals surface area (Å²) in [6.45, 7) is 5.04. The highest BCUT2D eigenvalue weighted by atomic mass is 16.5. The van der Waals surface area contributed by atoms with Gasteiger partial charge in [0.2, 0.25) is 0 Å². The van der Waals surface area contributed by atoms with Crippen LogP contribution in [0.5, 0.6) is 0 Å². The van der Waals surface area contributed by atoms with Gasteiger partial charge in [-0.3, -0.25) is 4.99 Å². The van der Waals surface area contributed by atoms with Crippen molar-refractivity contribution in [2.75, 3.05) is 39.9 Å². The number of nitrogens with one attached hydrogen (secondary N) is 1. The van der Waals surface area contributed by atoms with Crippen molar-refractivity contribution in [2.24, 2.45) is 10.4 Å². The molecule has 1 aliphatic carbocycles. The lowest BCUT2D eigenvalue weighted by atomic mass is 9.83. The van der Waals surface area contributed by atoms with Crippen LogP contribution in [-0.2, 0) is 11.2 Å². The van der Waals surface area contributed by atoms with Crippen molar-refractivity contribution < 1.29 is 4.74 Å². The van der Waals surface area contributed by atoms with Gasteiger partial charge in [0, 0.05) is 44.6 Å². The average Bonchev–Trinajstić information content (AvgIpc) is 3.26. The van der Waals surface area contributed by atoms with Gasteiger partial charge in [-0.2, -0.15) is 0 Å². The zero-order valence-corrected chi connectivity index (χ0v) is 14.8. The number of nitrogens with zero attached hydrogens (tertiary/aromatic N) is 2. The van der Waals surface area contributed by atoms with Gasteiger partial charge in [-0.05, 0) is 43.2 Å². The summed E-state index contributed by atoms with van der Waals surface area (Å²) in [6.07, 6.45) is 6.25. The van der Waals surface area contributed by atoms with Crippen LogP contribution in [0.1, 0.15) is 42.7 Å². The summed E-state index contributed by atoms with van der Waals surface area (Å²) >= 11 is 0. The van der Waals surface area contributed by atoms with E-state index in [1.54, 1.807) is 0 Å². The van der Waals surface area contributed by atoms with Crippen LogP contribution in [-0.4, -0.2) is 50.8 Å². The molecule has 24 heavy (non-hydrogen) atoms. The van der Waals surface area contributed by atoms with Crippen molar-refractivity contribution in [2.45, 2.75) is 38.0 Å². The molecule has 0 bridgehead atoms. The number of fused-ring (bicyclic) bond motifs is 1. The molecule has 4 nitrogen and oxygen atoms in total. The minimum atomic E-state index is 0.384. The van der Waals surface area contributed by atoms with Gasteiger partial charge < -0.3 is 15.0 Å². The van der Waals surface area contributed by atoms with E-state index in [-0.39, 0.29) is 0 Å². The molecule has 1 N–H and O–H groups in total. The molecular weight excluding hydrogens is 298 g/mol. The minimum absolute atomic E-state index is 0.384. The third kappa shape index (κ3) is 3.04. The summed E-state index contributed by atoms with van der Waals surface area (Å²) in [5, 5.41) is 3.66. The molecule has 4 heteroatoms. The predicted octanol–water partition coefficient (Wildman–Crippen LogP) is 2.79. The van der Waals surface area contributed by atoms with Gasteiger partial charge in [0.25, 0.3) is 0 Å². The number of benzene rings is 1. The third-order valence-electron chi connectivity index (χ3n) is 6.13. The predicted molar refractivity (Wildman–Crippen MR) is 97.5 cm³/mol. The first-order chi connectivity index (χ1) is 11.8. The number of hydrogen-bond donors (Lipinski definition) is 1. The molecule has 2 atom stereocenters. The quantitative estimate of drug-likeness (QED) is 0.670. The van der Waals surface area contributed by atoms with E-state index in [9.17, 15) is 0 Å². The van der Waals surface area contributed by atoms with E-state index >= 15 is 0 Å². The van der Waals surface area contributed by atoms with Crippen LogP contribution >= 0.6 is 0 Å². The summed E-state index contributed by atoms with van der Waals surface area (Å²) in [5.41, 5.74) is 3.46. The molecule has 1 aromatic carbocycles. The lowest BCUT2D eigenvalue weighted by Gasteiger charge is -2.29. The van der Waals surface area contributed by atoms with Gasteiger partial charge in [-0.15, -0.1) is 0 Å². The van der Waals surface area contributed by atoms with Crippen molar-refractivity contribution in [3.05, 3.63) is 35.4 Å². The average molecular weight is 327 g/mol. The highest BCUT2D eigenvalue weighted by molar-refractivity contribution is 5.80. The Labute approximate surface area is 145 Å². The van der Waals surface area contributed by atoms with Gasteiger partial charge in [-0.25, -0.2) is 0 Å². The Morgan fingerprint density at radius 1 is 1.38 bits per heavy atom. The second kappa shape index (κ2) is 6.75. The maximum Gasteiger partial charge on any atom is 0.193 e. The van der Waals surface area contributed by atoms with Crippen LogP contribution < -0.4 is 5.32 Å². The van der Waals surface area contributed by atoms with Crippen molar-refractivity contribution >= 4 is 5.96 Å². The Balaban J connectivity index is 1.38. The second-order valence-electron chi connectivity index (χ2n) is 7.69. The Morgan fingerprint density at radius 3 is 3.12 bits per heavy atom. The fourth-order valence-electron chi connectivity index (χ4n) is 4.70. The first-order valence-corrected chi connectivity index (χ1v) is 9.41. The standard InChI is InChI=1S/C20H29N3O/c1-21-19(23-11-9-20(14-23)10-12-24-15-20)22-13-17-7-4-6-16-5-2-3-8-18(16)17/h2-3,5,8,17H,4,6-7,9-15H2,1H3,(H,21,22). The summed E-state index contributed by atoms with van der Waals surface area (Å²) in [6, 6.07) is 8.95. The number of likely N-dealkylation sites (tertiary alicyclic amines) is 1. The molecule has 0 aromatic heterocycles. The Hall–Kier alpha value is -1.55. The Kier molecular flexibility index (Phi) is 4.49. The van der Waals surface area contributed by atoms with E-state index in [0.29, 0.717) is 11.3 Å². The minimum Gasteiger partial charge on any atom is -0.381 e. The van der Waals surface area contributed by atoms with Gasteiger partial charge >= 0.3 is 0 Å². The molecule has 2 unspecified atom stereocenters. The van der Waals surface area contributed by atoms with Crippen molar-refractivity contribution in [3.8, 4) is 0 Å². The van der Waals surface area contributed by atoms with Gasteiger partial charge in [0.15, 0.2) is 5.96 Å². The fourth-order valence-corrected chi connectivity index (χ4v) is 4.70. The molecular formula is C20H29N3O. The van der Waals surface area contributed by atoms with E-state index < -0.39 is 0 Å². The summed E-state index contributed by atoms with van der Waals surface area (Å²) in [7, 11) is 1.91. The summed E-state index contributed by atoms with van der Waals surface area (Å²) < 4.78 is 5.65. The normalized spacial score (nSPS) is 30.0. The highest BCUT2D eigenvalue weighted by Crippen LogP contribution is 2.38. The largest absolute Gasteiger partial charge is 0.381 e. The summed E-state index contributed by atoms with van der Waals surface area (Å²) in [4.78, 5) is 6.99. The van der Waals surface area contributed by atoms with Crippen LogP contribution in [0.3, 0.4) is 0 Å². The Morgan fingerprint density at radius 2 is 2.29 bits per heavy atom. The molecule has 2 heterocycles. The lowest BCUT2D eigenvalue weighted by molar-refractivity contribution is 0.156. The van der Waals surface area contributed by atoms with Crippen molar-refractivity contribution in [1.29, 1.82) is 0 Å². The maximum absolute atomic E-state index is 5.65. The van der Waals surface area contributed by atoms with Crippen LogP contribution in [0.15, 0.2) is 29.3 Å². The number of rotatable bonds is 2. The van der Waals surface area contributed by atoms with Crippen molar-refractivity contribution in [1.82, 2.24) is 10.2 Å². The zero-order chi connectivity index (χ0) is 16.4. The van der Waals surface area contributed by atoms with Crippen LogP contribution in [0.4, 0.5) is 0 Å². The van der Waals surface area contributed by atoms with E-state index in [1.165, 1.54) is 43.2 Å². The molecule has 1 aromatic rings. The smallest absolute Gasteiger partial charge is 0.193 e. The number of guanidine groups is 1. The second-order valence-corrected chi connectivity index (χ2v) is 7.69. The molecule has 0 saturated carbocycles. The maximum atomic E-state index is 5.65. The van der Waals surface area contributed by atoms with Gasteiger partial charge in [-0.1, -0.05) is 24.3 Å². The van der Waals surface area contributed by atoms with Crippen LogP contribution in [0.2, 0.25) is 0 Å². The van der Waals surface area contributed by atoms with E-state index in [2.05, 4.69) is 39.5 Å². The topological polar surface area (TPSA) is 36.9 Å². The summed E-state index contributed by atoms with van der Waals surface area (Å²) in [5.74, 6) is 1.68. The molecule has 2 aliphatic heterocycles. The van der Waals surface area contributed by atoms with Gasteiger partial charge in [0.1, 0.15) is 0 Å². The molecule has 0 radical (unpaired) electrons. The van der Waals surface area contributed by atoms with Crippen LogP contribution in [0.25, 0.3) is 0 Å². The number of aryl methyl sites for hydroxylation is 1. The highest BCUT2D eigenvalue weighted by Gasteiger charge is 2.42. The van der Waals surface area contributed by atoms with Gasteiger partial charge in [0.05, 0.1) is 6.61 Å². The number of hydrogen-bond acceptors (Lipinski definition) is 2. The lowest BCUT2D eigenvalue weighted by Crippen LogP contribution is -2.43. The van der Waals surface area contributed by atoms with Crippen LogP contribution in [0, 0.1) is 5.41 Å². The first-order valence-electron chi connectivity index (χ1n) is 9.41. The van der Waals surface area contributed by atoms with Crippen molar-refractivity contribution in [3.63, 3.8) is 0 Å². The Bertz CT molecular complexity index is 607.